The predicted octanol–water partition coefficient (Wildman–Crippen LogP) is 2.52. The van der Waals surface area contributed by atoms with Crippen LogP contribution in [0.5, 0.6) is 0 Å². The highest BCUT2D eigenvalue weighted by molar-refractivity contribution is 7.89. The molecule has 0 amide bonds. The van der Waals surface area contributed by atoms with Crippen molar-refractivity contribution >= 4 is 10.0 Å². The average molecular weight is 345 g/mol. The number of sulfonamides is 1. The summed E-state index contributed by atoms with van der Waals surface area (Å²) in [4.78, 5) is 8.12. The molecule has 5 nitrogen and oxygen atoms in total. The molecule has 2 heterocycles. The Kier molecular flexibility index (Phi) is 5.32. The zero-order valence-corrected chi connectivity index (χ0v) is 12.7. The summed E-state index contributed by atoms with van der Waals surface area (Å²) in [6.07, 6.45) is -1.15. The Hall–Kier alpha value is -2.00. The molecule has 0 saturated carbocycles. The molecular formula is C14H14F3N3O2S. The molecule has 9 heteroatoms. The van der Waals surface area contributed by atoms with Crippen LogP contribution in [0, 0.1) is 0 Å². The van der Waals surface area contributed by atoms with Crippen LogP contribution >= 0.6 is 0 Å². The van der Waals surface area contributed by atoms with E-state index in [1.807, 2.05) is 0 Å². The summed E-state index contributed by atoms with van der Waals surface area (Å²) in [6.45, 7) is -0.101. The van der Waals surface area contributed by atoms with E-state index in [-0.39, 0.29) is 6.54 Å². The lowest BCUT2D eigenvalue weighted by molar-refractivity contribution is -0.129. The molecule has 0 saturated heterocycles. The fourth-order valence-corrected chi connectivity index (χ4v) is 2.80. The van der Waals surface area contributed by atoms with Gasteiger partial charge in [-0.3, -0.25) is 9.97 Å². The van der Waals surface area contributed by atoms with Gasteiger partial charge in [0.1, 0.15) is 0 Å². The minimum Gasteiger partial charge on any atom is -0.264 e. The molecule has 23 heavy (non-hydrogen) atoms. The largest absolute Gasteiger partial charge is 0.390 e. The number of hydrogen-bond donors (Lipinski definition) is 1. The first-order chi connectivity index (χ1) is 10.8. The zero-order chi connectivity index (χ0) is 16.9. The Morgan fingerprint density at radius 2 is 1.96 bits per heavy atom. The van der Waals surface area contributed by atoms with E-state index in [9.17, 15) is 21.6 Å². The lowest BCUT2D eigenvalue weighted by Gasteiger charge is -2.09. The van der Waals surface area contributed by atoms with Gasteiger partial charge in [0.25, 0.3) is 0 Å². The van der Waals surface area contributed by atoms with Crippen LogP contribution in [0.15, 0.2) is 42.9 Å². The monoisotopic (exact) mass is 345 g/mol. The Labute approximate surface area is 131 Å². The smallest absolute Gasteiger partial charge is 0.264 e. The van der Waals surface area contributed by atoms with Crippen molar-refractivity contribution in [3.8, 4) is 11.3 Å². The highest BCUT2D eigenvalue weighted by atomic mass is 32.2. The van der Waals surface area contributed by atoms with E-state index in [2.05, 4.69) is 14.7 Å². The van der Waals surface area contributed by atoms with Gasteiger partial charge in [-0.1, -0.05) is 0 Å². The highest BCUT2D eigenvalue weighted by Crippen LogP contribution is 2.20. The van der Waals surface area contributed by atoms with E-state index in [0.717, 1.165) is 5.56 Å². The lowest BCUT2D eigenvalue weighted by Crippen LogP contribution is -2.28. The van der Waals surface area contributed by atoms with Crippen LogP contribution in [0.3, 0.4) is 0 Å². The molecule has 0 aliphatic carbocycles. The molecule has 124 valence electrons. The third kappa shape index (κ3) is 5.95. The van der Waals surface area contributed by atoms with Gasteiger partial charge in [0.15, 0.2) is 0 Å². The van der Waals surface area contributed by atoms with Crippen LogP contribution < -0.4 is 4.72 Å². The molecule has 2 rings (SSSR count). The van der Waals surface area contributed by atoms with Crippen molar-refractivity contribution in [2.75, 3.05) is 5.75 Å². The second kappa shape index (κ2) is 7.05. The van der Waals surface area contributed by atoms with Crippen molar-refractivity contribution in [3.05, 3.63) is 48.4 Å². The van der Waals surface area contributed by atoms with E-state index in [1.165, 1.54) is 6.20 Å². The van der Waals surface area contributed by atoms with Crippen molar-refractivity contribution < 1.29 is 21.6 Å². The summed E-state index contributed by atoms with van der Waals surface area (Å²) in [5.74, 6) is -0.989. The van der Waals surface area contributed by atoms with Crippen LogP contribution in [0.4, 0.5) is 13.2 Å². The summed E-state index contributed by atoms with van der Waals surface area (Å²) in [7, 11) is -3.99. The van der Waals surface area contributed by atoms with E-state index in [0.29, 0.717) is 11.3 Å². The van der Waals surface area contributed by atoms with Gasteiger partial charge >= 0.3 is 6.18 Å². The summed E-state index contributed by atoms with van der Waals surface area (Å²) in [5, 5.41) is 0. The maximum absolute atomic E-state index is 12.1. The first-order valence-corrected chi connectivity index (χ1v) is 8.30. The van der Waals surface area contributed by atoms with Gasteiger partial charge in [-0.25, -0.2) is 13.1 Å². The van der Waals surface area contributed by atoms with Gasteiger partial charge in [0.2, 0.25) is 10.0 Å². The highest BCUT2D eigenvalue weighted by Gasteiger charge is 2.29. The number of hydrogen-bond acceptors (Lipinski definition) is 4. The number of rotatable bonds is 6. The summed E-state index contributed by atoms with van der Waals surface area (Å²) >= 11 is 0. The van der Waals surface area contributed by atoms with E-state index >= 15 is 0 Å². The number of pyridine rings is 2. The van der Waals surface area contributed by atoms with Gasteiger partial charge in [-0.05, 0) is 29.8 Å². The van der Waals surface area contributed by atoms with Crippen molar-refractivity contribution in [2.45, 2.75) is 19.1 Å². The molecule has 0 fully saturated rings. The number of nitrogens with one attached hydrogen (secondary N) is 1. The SMILES string of the molecule is O=S(=O)(CCC(F)(F)F)NCc1ccnc(-c2cccnc2)c1. The minimum absolute atomic E-state index is 0.101. The molecule has 0 spiro atoms. The first kappa shape index (κ1) is 17.4. The third-order valence-corrected chi connectivity index (χ3v) is 4.26. The predicted molar refractivity (Wildman–Crippen MR) is 78.8 cm³/mol. The van der Waals surface area contributed by atoms with Gasteiger partial charge in [-0.15, -0.1) is 0 Å². The van der Waals surface area contributed by atoms with Crippen molar-refractivity contribution in [1.82, 2.24) is 14.7 Å². The first-order valence-electron chi connectivity index (χ1n) is 6.65. The molecule has 0 aliphatic heterocycles. The van der Waals surface area contributed by atoms with Crippen molar-refractivity contribution in [3.63, 3.8) is 0 Å². The van der Waals surface area contributed by atoms with Gasteiger partial charge in [0.05, 0.1) is 17.9 Å². The van der Waals surface area contributed by atoms with Crippen LogP contribution in [0.2, 0.25) is 0 Å². The maximum atomic E-state index is 12.1. The standard InChI is InChI=1S/C14H14F3N3O2S/c15-14(16,17)4-7-23(21,22)20-9-11-3-6-19-13(8-11)12-2-1-5-18-10-12/h1-3,5-6,8,10,20H,4,7,9H2. The number of alkyl halides is 3. The molecule has 0 bridgehead atoms. The van der Waals surface area contributed by atoms with Crippen molar-refractivity contribution in [2.24, 2.45) is 0 Å². The lowest BCUT2D eigenvalue weighted by atomic mass is 10.1. The van der Waals surface area contributed by atoms with Gasteiger partial charge in [-0.2, -0.15) is 13.2 Å². The molecular weight excluding hydrogens is 331 g/mol. The molecule has 2 aromatic rings. The molecule has 0 aliphatic rings. The second-order valence-corrected chi connectivity index (χ2v) is 6.72. The maximum Gasteiger partial charge on any atom is 0.390 e. The normalized spacial score (nSPS) is 12.3. The third-order valence-electron chi connectivity index (χ3n) is 2.93. The topological polar surface area (TPSA) is 72.0 Å². The Morgan fingerprint density at radius 3 is 2.61 bits per heavy atom. The van der Waals surface area contributed by atoms with Crippen LogP contribution in [-0.2, 0) is 16.6 Å². The van der Waals surface area contributed by atoms with E-state index in [4.69, 9.17) is 0 Å². The fraction of sp³-hybridized carbons (Fsp3) is 0.286. The van der Waals surface area contributed by atoms with Crippen LogP contribution in [0.1, 0.15) is 12.0 Å². The quantitative estimate of drug-likeness (QED) is 0.873. The van der Waals surface area contributed by atoms with Crippen LogP contribution in [0.25, 0.3) is 11.3 Å². The molecule has 0 unspecified atom stereocenters. The number of nitrogens with zero attached hydrogens (tertiary/aromatic N) is 2. The molecule has 0 atom stereocenters. The molecule has 0 radical (unpaired) electrons. The van der Waals surface area contributed by atoms with E-state index in [1.54, 1.807) is 36.7 Å². The second-order valence-electron chi connectivity index (χ2n) is 4.80. The van der Waals surface area contributed by atoms with Crippen LogP contribution in [-0.4, -0.2) is 30.3 Å². The minimum atomic E-state index is -4.50. The molecule has 0 aromatic carbocycles. The average Bonchev–Trinajstić information content (AvgIpc) is 2.52. The zero-order valence-electron chi connectivity index (χ0n) is 11.9. The Balaban J connectivity index is 2.01. The number of aromatic nitrogens is 2. The van der Waals surface area contributed by atoms with Crippen molar-refractivity contribution in [1.29, 1.82) is 0 Å². The van der Waals surface area contributed by atoms with Gasteiger partial charge < -0.3 is 0 Å². The summed E-state index contributed by atoms with van der Waals surface area (Å²) in [6, 6.07) is 6.78. The van der Waals surface area contributed by atoms with E-state index < -0.39 is 28.4 Å². The molecule has 1 N–H and O–H groups in total. The number of halogens is 3. The van der Waals surface area contributed by atoms with Gasteiger partial charge in [0, 0.05) is 30.7 Å². The summed E-state index contributed by atoms with van der Waals surface area (Å²) in [5.41, 5.74) is 1.95. The summed E-state index contributed by atoms with van der Waals surface area (Å²) < 4.78 is 61.5. The molecule has 2 aromatic heterocycles. The Morgan fingerprint density at radius 1 is 1.17 bits per heavy atom. The fourth-order valence-electron chi connectivity index (χ4n) is 1.77. The Bertz CT molecular complexity index is 749.